The average Bonchev–Trinajstić information content (AvgIpc) is 1.66. The number of hydrogen-bond acceptors (Lipinski definition) is 0. The van der Waals surface area contributed by atoms with Crippen molar-refractivity contribution < 1.29 is 0 Å². The second-order valence-electron chi connectivity index (χ2n) is 1.40. The minimum absolute atomic E-state index is 0.887. The average molecular weight is 240 g/mol. The van der Waals surface area contributed by atoms with Gasteiger partial charge in [-0.05, 0) is 44.4 Å². The Bertz CT molecular complexity index is 106. The summed E-state index contributed by atoms with van der Waals surface area (Å²) in [4.78, 5) is 0. The smallest absolute Gasteiger partial charge is 0.102 e. The molecule has 0 nitrogen and oxygen atoms in total. The molecule has 0 N–H and O–H groups in total. The monoisotopic (exact) mass is 238 g/mol. The van der Waals surface area contributed by atoms with Crippen LogP contribution in [-0.2, 0) is 0 Å². The molecule has 0 saturated carbocycles. The number of halogens is 2. The molecule has 0 aliphatic carbocycles. The highest BCUT2D eigenvalue weighted by Gasteiger charge is 1.72. The molecular formula is C6H8Br2. The van der Waals surface area contributed by atoms with Crippen LogP contribution in [-0.4, -0.2) is 0 Å². The second kappa shape index (κ2) is 5.61. The van der Waals surface area contributed by atoms with Gasteiger partial charge in [-0.15, -0.1) is 5.73 Å². The molecule has 0 aliphatic heterocycles. The third kappa shape index (κ3) is 6.48. The van der Waals surface area contributed by atoms with E-state index < -0.39 is 0 Å². The van der Waals surface area contributed by atoms with Crippen LogP contribution in [0.1, 0.15) is 19.8 Å². The maximum absolute atomic E-state index is 3.20. The molecule has 0 bridgehead atoms. The van der Waals surface area contributed by atoms with Gasteiger partial charge >= 0.3 is 0 Å². The van der Waals surface area contributed by atoms with E-state index in [2.05, 4.69) is 44.5 Å². The molecule has 0 amide bonds. The maximum atomic E-state index is 3.20. The molecule has 8 heavy (non-hydrogen) atoms. The number of unbranched alkanes of at least 4 members (excludes halogenated alkanes) is 1. The van der Waals surface area contributed by atoms with Gasteiger partial charge in [0, 0.05) is 0 Å². The molecule has 0 aromatic heterocycles. The molecule has 0 rings (SSSR count). The first-order chi connectivity index (χ1) is 3.77. The van der Waals surface area contributed by atoms with Crippen LogP contribution in [0.4, 0.5) is 0 Å². The zero-order valence-electron chi connectivity index (χ0n) is 4.75. The highest BCUT2D eigenvalue weighted by atomic mass is 79.9. The minimum atomic E-state index is 0.887. The predicted molar refractivity (Wildman–Crippen MR) is 44.4 cm³/mol. The maximum Gasteiger partial charge on any atom is 0.102 e. The van der Waals surface area contributed by atoms with Crippen LogP contribution in [0.25, 0.3) is 0 Å². The Morgan fingerprint density at radius 3 is 2.62 bits per heavy atom. The summed E-state index contributed by atoms with van der Waals surface area (Å²) in [6.45, 7) is 2.14. The summed E-state index contributed by atoms with van der Waals surface area (Å²) < 4.78 is 0.887. The summed E-state index contributed by atoms with van der Waals surface area (Å²) in [5.74, 6) is 0. The fraction of sp³-hybridized carbons (Fsp3) is 0.500. The van der Waals surface area contributed by atoms with Crippen LogP contribution in [0.5, 0.6) is 0 Å². The second-order valence-corrected chi connectivity index (χ2v) is 4.05. The lowest BCUT2D eigenvalue weighted by Gasteiger charge is -1.76. The molecule has 0 aromatic carbocycles. The summed E-state index contributed by atoms with van der Waals surface area (Å²) >= 11 is 6.39. The van der Waals surface area contributed by atoms with Crippen molar-refractivity contribution in [3.05, 3.63) is 15.2 Å². The Kier molecular flexibility index (Phi) is 5.95. The lowest BCUT2D eigenvalue weighted by molar-refractivity contribution is 0.960. The molecule has 0 radical (unpaired) electrons. The predicted octanol–water partition coefficient (Wildman–Crippen LogP) is 3.57. The van der Waals surface area contributed by atoms with Crippen LogP contribution >= 0.6 is 31.9 Å². The third-order valence-corrected chi connectivity index (χ3v) is 1.10. The van der Waals surface area contributed by atoms with E-state index in [1.807, 2.05) is 6.08 Å². The van der Waals surface area contributed by atoms with Crippen molar-refractivity contribution >= 4 is 31.9 Å². The molecular weight excluding hydrogens is 232 g/mol. The van der Waals surface area contributed by atoms with Crippen LogP contribution < -0.4 is 0 Å². The molecule has 2 heteroatoms. The Hall–Kier alpha value is 0.480. The lowest BCUT2D eigenvalue weighted by atomic mass is 10.3. The first kappa shape index (κ1) is 8.48. The van der Waals surface area contributed by atoms with Crippen molar-refractivity contribution in [2.75, 3.05) is 0 Å². The summed E-state index contributed by atoms with van der Waals surface area (Å²) in [6, 6.07) is 0. The van der Waals surface area contributed by atoms with Gasteiger partial charge in [0.15, 0.2) is 0 Å². The molecule has 0 aromatic rings. The highest BCUT2D eigenvalue weighted by molar-refractivity contribution is 9.28. The third-order valence-electron chi connectivity index (χ3n) is 0.644. The van der Waals surface area contributed by atoms with Crippen LogP contribution in [0.15, 0.2) is 15.2 Å². The molecule has 0 heterocycles. The summed E-state index contributed by atoms with van der Waals surface area (Å²) in [5, 5.41) is 0. The van der Waals surface area contributed by atoms with E-state index in [9.17, 15) is 0 Å². The van der Waals surface area contributed by atoms with E-state index in [0.29, 0.717) is 0 Å². The van der Waals surface area contributed by atoms with Crippen molar-refractivity contribution in [2.24, 2.45) is 0 Å². The van der Waals surface area contributed by atoms with Crippen molar-refractivity contribution in [3.63, 3.8) is 0 Å². The molecule has 0 fully saturated rings. The number of allylic oxidation sites excluding steroid dienone is 1. The number of hydrogen-bond donors (Lipinski definition) is 0. The topological polar surface area (TPSA) is 0 Å². The van der Waals surface area contributed by atoms with E-state index in [1.54, 1.807) is 0 Å². The van der Waals surface area contributed by atoms with Gasteiger partial charge in [-0.25, -0.2) is 0 Å². The molecule has 46 valence electrons. The van der Waals surface area contributed by atoms with Crippen LogP contribution in [0, 0.1) is 0 Å². The molecule has 0 unspecified atom stereocenters. The number of rotatable bonds is 2. The van der Waals surface area contributed by atoms with E-state index in [0.717, 1.165) is 9.81 Å². The van der Waals surface area contributed by atoms with E-state index in [-0.39, 0.29) is 0 Å². The lowest BCUT2D eigenvalue weighted by Crippen LogP contribution is -1.55. The van der Waals surface area contributed by atoms with Gasteiger partial charge in [0.05, 0.1) is 0 Å². The van der Waals surface area contributed by atoms with Crippen molar-refractivity contribution in [3.8, 4) is 0 Å². The Balaban J connectivity index is 3.48. The fourth-order valence-electron chi connectivity index (χ4n) is 0.294. The zero-order chi connectivity index (χ0) is 6.41. The van der Waals surface area contributed by atoms with Gasteiger partial charge in [-0.2, -0.15) is 0 Å². The highest BCUT2D eigenvalue weighted by Crippen LogP contribution is 2.10. The van der Waals surface area contributed by atoms with Crippen molar-refractivity contribution in [1.82, 2.24) is 0 Å². The van der Waals surface area contributed by atoms with E-state index in [4.69, 9.17) is 0 Å². The molecule has 0 spiro atoms. The Morgan fingerprint density at radius 1 is 1.62 bits per heavy atom. The minimum Gasteiger partial charge on any atom is -0.102 e. The summed E-state index contributed by atoms with van der Waals surface area (Å²) in [5.41, 5.74) is 2.97. The normalized spacial score (nSPS) is 7.88. The van der Waals surface area contributed by atoms with Crippen molar-refractivity contribution in [1.29, 1.82) is 0 Å². The molecule has 0 aliphatic rings. The van der Waals surface area contributed by atoms with E-state index in [1.165, 1.54) is 6.42 Å². The first-order valence-corrected chi connectivity index (χ1v) is 4.12. The van der Waals surface area contributed by atoms with Crippen LogP contribution in [0.2, 0.25) is 0 Å². The van der Waals surface area contributed by atoms with Gasteiger partial charge in [0.1, 0.15) is 3.39 Å². The summed E-state index contributed by atoms with van der Waals surface area (Å²) in [6.07, 6.45) is 4.28. The molecule has 0 saturated heterocycles. The SMILES string of the molecule is CCCC=C=C(Br)Br. The van der Waals surface area contributed by atoms with Gasteiger partial charge in [-0.1, -0.05) is 13.3 Å². The quantitative estimate of drug-likeness (QED) is 0.647. The standard InChI is InChI=1S/C6H8Br2/c1-2-3-4-5-6(7)8/h4H,2-3H2,1H3. The van der Waals surface area contributed by atoms with Crippen LogP contribution in [0.3, 0.4) is 0 Å². The zero-order valence-corrected chi connectivity index (χ0v) is 7.92. The largest absolute Gasteiger partial charge is 0.102 e. The van der Waals surface area contributed by atoms with Gasteiger partial charge < -0.3 is 0 Å². The van der Waals surface area contributed by atoms with E-state index >= 15 is 0 Å². The molecule has 0 atom stereocenters. The summed E-state index contributed by atoms with van der Waals surface area (Å²) in [7, 11) is 0. The van der Waals surface area contributed by atoms with Gasteiger partial charge in [0.2, 0.25) is 0 Å². The van der Waals surface area contributed by atoms with Gasteiger partial charge in [0.25, 0.3) is 0 Å². The van der Waals surface area contributed by atoms with Gasteiger partial charge in [-0.3, -0.25) is 0 Å². The Labute approximate surface area is 66.9 Å². The first-order valence-electron chi connectivity index (χ1n) is 2.53. The van der Waals surface area contributed by atoms with Crippen molar-refractivity contribution in [2.45, 2.75) is 19.8 Å². The fourth-order valence-corrected chi connectivity index (χ4v) is 0.617. The Morgan fingerprint density at radius 2 is 2.25 bits per heavy atom.